The number of amides is 2. The number of rotatable bonds is 8. The molecule has 0 saturated carbocycles. The van der Waals surface area contributed by atoms with Crippen molar-refractivity contribution in [3.05, 3.63) is 63.7 Å². The zero-order valence-electron chi connectivity index (χ0n) is 18.8. The second-order valence-electron chi connectivity index (χ2n) is 7.58. The lowest BCUT2D eigenvalue weighted by molar-refractivity contribution is -0.116. The molecule has 3 rings (SSSR count). The van der Waals surface area contributed by atoms with Gasteiger partial charge in [-0.25, -0.2) is 0 Å². The number of hydrogen-bond acceptors (Lipinski definition) is 8. The summed E-state index contributed by atoms with van der Waals surface area (Å²) in [6.07, 6.45) is 2.53. The van der Waals surface area contributed by atoms with Gasteiger partial charge in [0.05, 0.1) is 29.0 Å². The van der Waals surface area contributed by atoms with E-state index in [0.29, 0.717) is 27.0 Å². The first-order valence-electron chi connectivity index (χ1n) is 10.2. The molecular weight excluding hydrogens is 495 g/mol. The molecule has 0 spiro atoms. The Bertz CT molecular complexity index is 1320. The van der Waals surface area contributed by atoms with E-state index < -0.39 is 11.8 Å². The number of primary amides is 1. The summed E-state index contributed by atoms with van der Waals surface area (Å²) in [4.78, 5) is 36.7. The van der Waals surface area contributed by atoms with Crippen LogP contribution in [0.15, 0.2) is 51.7 Å². The van der Waals surface area contributed by atoms with Gasteiger partial charge in [-0.1, -0.05) is 28.4 Å². The topological polar surface area (TPSA) is 188 Å². The number of nitrogens with two attached hydrogens (primary N) is 3. The predicted octanol–water partition coefficient (Wildman–Crippen LogP) is 2.54. The number of aromatic nitrogens is 3. The summed E-state index contributed by atoms with van der Waals surface area (Å²) in [5, 5.41) is 7.37. The average Bonchev–Trinajstić information content (AvgIpc) is 3.21. The SMILES string of the molecule is CC(C)N=C(N)C(C(N)=O)=C(N)c1cnc(CC(=O)Nc2cc(-c3ccc(Cl)cc3Cl)no2)cn1. The van der Waals surface area contributed by atoms with Gasteiger partial charge in [0.1, 0.15) is 22.8 Å². The van der Waals surface area contributed by atoms with Gasteiger partial charge in [0.25, 0.3) is 5.91 Å². The first kappa shape index (κ1) is 25.7. The Morgan fingerprint density at radius 3 is 2.46 bits per heavy atom. The molecule has 0 radical (unpaired) electrons. The fourth-order valence-corrected chi connectivity index (χ4v) is 3.46. The third kappa shape index (κ3) is 6.55. The lowest BCUT2D eigenvalue weighted by Gasteiger charge is -2.10. The van der Waals surface area contributed by atoms with Crippen molar-refractivity contribution in [2.75, 3.05) is 5.32 Å². The largest absolute Gasteiger partial charge is 0.396 e. The Balaban J connectivity index is 1.70. The maximum atomic E-state index is 12.4. The van der Waals surface area contributed by atoms with Crippen LogP contribution in [0.25, 0.3) is 17.0 Å². The molecule has 0 aliphatic rings. The van der Waals surface area contributed by atoms with Crippen LogP contribution in [0, 0.1) is 0 Å². The molecule has 35 heavy (non-hydrogen) atoms. The van der Waals surface area contributed by atoms with Gasteiger partial charge in [-0.3, -0.25) is 29.9 Å². The average molecular weight is 517 g/mol. The molecule has 7 N–H and O–H groups in total. The fraction of sp³-hybridized carbons (Fsp3) is 0.182. The van der Waals surface area contributed by atoms with Crippen molar-refractivity contribution in [2.45, 2.75) is 26.3 Å². The summed E-state index contributed by atoms with van der Waals surface area (Å²) >= 11 is 12.1. The minimum Gasteiger partial charge on any atom is -0.396 e. The lowest BCUT2D eigenvalue weighted by Crippen LogP contribution is -2.30. The van der Waals surface area contributed by atoms with Crippen molar-refractivity contribution in [1.29, 1.82) is 0 Å². The molecule has 0 atom stereocenters. The molecule has 3 aromatic rings. The van der Waals surface area contributed by atoms with Crippen molar-refractivity contribution < 1.29 is 14.1 Å². The number of halogens is 2. The number of nitrogens with zero attached hydrogens (tertiary/aromatic N) is 4. The number of carbonyl (C=O) groups excluding carboxylic acids is 2. The fourth-order valence-electron chi connectivity index (χ4n) is 2.96. The molecule has 2 amide bonds. The van der Waals surface area contributed by atoms with Gasteiger partial charge in [-0.2, -0.15) is 0 Å². The van der Waals surface area contributed by atoms with Crippen LogP contribution in [0.2, 0.25) is 10.0 Å². The minimum atomic E-state index is -0.846. The van der Waals surface area contributed by atoms with E-state index >= 15 is 0 Å². The summed E-state index contributed by atoms with van der Waals surface area (Å²) in [5.41, 5.74) is 18.6. The molecule has 11 nitrogen and oxygen atoms in total. The third-order valence-electron chi connectivity index (χ3n) is 4.47. The molecule has 1 aromatic carbocycles. The second kappa shape index (κ2) is 11.0. The van der Waals surface area contributed by atoms with E-state index in [4.69, 9.17) is 44.9 Å². The Morgan fingerprint density at radius 1 is 1.11 bits per heavy atom. The molecule has 0 aliphatic carbocycles. The number of anilines is 1. The Hall–Kier alpha value is -3.96. The van der Waals surface area contributed by atoms with Crippen LogP contribution in [0.4, 0.5) is 5.88 Å². The highest BCUT2D eigenvalue weighted by molar-refractivity contribution is 6.36. The quantitative estimate of drug-likeness (QED) is 0.199. The molecular formula is C22H22Cl2N8O3. The van der Waals surface area contributed by atoms with Gasteiger partial charge in [0.2, 0.25) is 11.8 Å². The number of benzene rings is 1. The minimum absolute atomic E-state index is 0.0713. The molecule has 182 valence electrons. The van der Waals surface area contributed by atoms with E-state index in [1.807, 2.05) is 0 Å². The normalized spacial score (nSPS) is 12.4. The molecule has 2 heterocycles. The molecule has 2 aromatic heterocycles. The highest BCUT2D eigenvalue weighted by atomic mass is 35.5. The van der Waals surface area contributed by atoms with Crippen molar-refractivity contribution in [1.82, 2.24) is 15.1 Å². The smallest absolute Gasteiger partial charge is 0.254 e. The summed E-state index contributed by atoms with van der Waals surface area (Å²) in [6, 6.07) is 6.29. The van der Waals surface area contributed by atoms with Crippen molar-refractivity contribution in [3.63, 3.8) is 0 Å². The Labute approximate surface area is 210 Å². The van der Waals surface area contributed by atoms with E-state index in [-0.39, 0.29) is 41.1 Å². The van der Waals surface area contributed by atoms with Gasteiger partial charge in [0.15, 0.2) is 0 Å². The molecule has 0 fully saturated rings. The highest BCUT2D eigenvalue weighted by Gasteiger charge is 2.18. The van der Waals surface area contributed by atoms with Crippen LogP contribution in [-0.2, 0) is 16.0 Å². The number of aliphatic imine (C=N–C) groups is 1. The third-order valence-corrected chi connectivity index (χ3v) is 5.02. The van der Waals surface area contributed by atoms with Gasteiger partial charge < -0.3 is 21.7 Å². The van der Waals surface area contributed by atoms with Crippen LogP contribution in [0.1, 0.15) is 25.2 Å². The predicted molar refractivity (Wildman–Crippen MR) is 133 cm³/mol. The highest BCUT2D eigenvalue weighted by Crippen LogP contribution is 2.30. The Kier molecular flexibility index (Phi) is 8.05. The molecule has 0 aliphatic heterocycles. The van der Waals surface area contributed by atoms with Gasteiger partial charge >= 0.3 is 0 Å². The van der Waals surface area contributed by atoms with Gasteiger partial charge in [-0.05, 0) is 32.0 Å². The van der Waals surface area contributed by atoms with Gasteiger partial charge in [0, 0.05) is 28.9 Å². The van der Waals surface area contributed by atoms with Crippen LogP contribution in [0.5, 0.6) is 0 Å². The van der Waals surface area contributed by atoms with Crippen molar-refractivity contribution >= 4 is 52.4 Å². The molecule has 0 saturated heterocycles. The van der Waals surface area contributed by atoms with Crippen LogP contribution >= 0.6 is 23.2 Å². The molecule has 0 unspecified atom stereocenters. The zero-order valence-corrected chi connectivity index (χ0v) is 20.3. The maximum Gasteiger partial charge on any atom is 0.254 e. The maximum absolute atomic E-state index is 12.4. The van der Waals surface area contributed by atoms with Crippen LogP contribution in [-0.4, -0.2) is 38.8 Å². The standard InChI is InChI=1S/C22H22Cl2N8O3/c1-10(2)30-21(26)19(22(27)34)20(25)16-9-28-12(8-29-16)6-17(33)31-18-7-15(32-35-18)13-4-3-11(23)5-14(13)24/h3-5,7-10H,6,25H2,1-2H3,(H2,26,30)(H2,27,34)(H,31,33). The van der Waals surface area contributed by atoms with E-state index in [0.717, 1.165) is 0 Å². The monoisotopic (exact) mass is 516 g/mol. The number of carbonyl (C=O) groups is 2. The summed E-state index contributed by atoms with van der Waals surface area (Å²) in [6.45, 7) is 3.57. The van der Waals surface area contributed by atoms with Crippen LogP contribution in [0.3, 0.4) is 0 Å². The number of nitrogens with one attached hydrogen (secondary N) is 1. The lowest BCUT2D eigenvalue weighted by atomic mass is 10.1. The van der Waals surface area contributed by atoms with E-state index in [1.165, 1.54) is 18.5 Å². The van der Waals surface area contributed by atoms with Crippen molar-refractivity contribution in [2.24, 2.45) is 22.2 Å². The van der Waals surface area contributed by atoms with E-state index in [2.05, 4.69) is 25.4 Å². The van der Waals surface area contributed by atoms with Crippen molar-refractivity contribution in [3.8, 4) is 11.3 Å². The first-order chi connectivity index (χ1) is 16.5. The van der Waals surface area contributed by atoms with E-state index in [9.17, 15) is 9.59 Å². The first-order valence-corrected chi connectivity index (χ1v) is 11.0. The number of amidine groups is 1. The summed E-state index contributed by atoms with van der Waals surface area (Å²) in [7, 11) is 0. The van der Waals surface area contributed by atoms with Gasteiger partial charge in [-0.15, -0.1) is 0 Å². The summed E-state index contributed by atoms with van der Waals surface area (Å²) < 4.78 is 5.16. The molecule has 13 heteroatoms. The van der Waals surface area contributed by atoms with Crippen LogP contribution < -0.4 is 22.5 Å². The zero-order chi connectivity index (χ0) is 25.7. The molecule has 0 bridgehead atoms. The number of hydrogen-bond donors (Lipinski definition) is 4. The Morgan fingerprint density at radius 2 is 1.86 bits per heavy atom. The summed E-state index contributed by atoms with van der Waals surface area (Å²) in [5.74, 6) is -1.24. The van der Waals surface area contributed by atoms with E-state index in [1.54, 1.807) is 32.0 Å². The second-order valence-corrected chi connectivity index (χ2v) is 8.42.